The number of carboxylic acids is 1. The molecular weight excluding hydrogens is 216 g/mol. The lowest BCUT2D eigenvalue weighted by Crippen LogP contribution is -2.35. The first-order valence-electron chi connectivity index (χ1n) is 5.69. The number of rotatable bonds is 3. The van der Waals surface area contributed by atoms with Crippen molar-refractivity contribution in [1.82, 2.24) is 0 Å². The van der Waals surface area contributed by atoms with Crippen LogP contribution >= 0.6 is 0 Å². The molecular formula is C14H16O3. The summed E-state index contributed by atoms with van der Waals surface area (Å²) in [6.45, 7) is 3.50. The number of benzene rings is 1. The number of hydrogen-bond donors (Lipinski definition) is 1. The van der Waals surface area contributed by atoms with Crippen molar-refractivity contribution < 1.29 is 14.6 Å². The fraction of sp³-hybridized carbons (Fsp3) is 0.357. The van der Waals surface area contributed by atoms with E-state index in [2.05, 4.69) is 0 Å². The Hall–Kier alpha value is -1.61. The molecule has 1 aromatic rings. The van der Waals surface area contributed by atoms with Gasteiger partial charge in [-0.2, -0.15) is 0 Å². The number of carboxylic acid groups (broad SMARTS) is 1. The molecule has 2 rings (SSSR count). The van der Waals surface area contributed by atoms with Gasteiger partial charge in [-0.25, -0.2) is 4.79 Å². The van der Waals surface area contributed by atoms with Crippen LogP contribution in [0.15, 0.2) is 30.3 Å². The zero-order valence-corrected chi connectivity index (χ0v) is 10.0. The summed E-state index contributed by atoms with van der Waals surface area (Å²) >= 11 is 0. The predicted molar refractivity (Wildman–Crippen MR) is 65.6 cm³/mol. The number of carbonyl (C=O) groups is 1. The van der Waals surface area contributed by atoms with Crippen LogP contribution in [0, 0.1) is 0 Å². The van der Waals surface area contributed by atoms with Gasteiger partial charge in [0.25, 0.3) is 0 Å². The first-order chi connectivity index (χ1) is 8.03. The Bertz CT molecular complexity index is 464. The summed E-state index contributed by atoms with van der Waals surface area (Å²) in [5.74, 6) is -0.932. The fourth-order valence-corrected chi connectivity index (χ4v) is 2.20. The normalized spacial score (nSPS) is 24.1. The molecule has 1 N–H and O–H groups in total. The van der Waals surface area contributed by atoms with E-state index >= 15 is 0 Å². The number of aliphatic carboxylic acids is 1. The molecule has 1 aromatic carbocycles. The van der Waals surface area contributed by atoms with Crippen molar-refractivity contribution in [2.45, 2.75) is 32.0 Å². The molecule has 0 saturated carbocycles. The second-order valence-electron chi connectivity index (χ2n) is 4.52. The molecule has 17 heavy (non-hydrogen) atoms. The smallest absolute Gasteiger partial charge is 0.332 e. The van der Waals surface area contributed by atoms with Crippen LogP contribution in [0.4, 0.5) is 0 Å². The Balaban J connectivity index is 2.33. The van der Waals surface area contributed by atoms with Crippen molar-refractivity contribution in [3.05, 3.63) is 41.5 Å². The van der Waals surface area contributed by atoms with Gasteiger partial charge in [0.05, 0.1) is 5.60 Å². The molecule has 0 saturated heterocycles. The van der Waals surface area contributed by atoms with Crippen LogP contribution < -0.4 is 0 Å². The van der Waals surface area contributed by atoms with Crippen molar-refractivity contribution >= 4 is 12.0 Å². The van der Waals surface area contributed by atoms with E-state index in [9.17, 15) is 4.79 Å². The van der Waals surface area contributed by atoms with Crippen molar-refractivity contribution in [3.63, 3.8) is 0 Å². The van der Waals surface area contributed by atoms with Gasteiger partial charge in [-0.15, -0.1) is 0 Å². The predicted octanol–water partition coefficient (Wildman–Crippen LogP) is 2.81. The zero-order chi connectivity index (χ0) is 12.5. The summed E-state index contributed by atoms with van der Waals surface area (Å²) in [5.41, 5.74) is 1.60. The topological polar surface area (TPSA) is 46.5 Å². The summed E-state index contributed by atoms with van der Waals surface area (Å²) in [4.78, 5) is 10.9. The summed E-state index contributed by atoms with van der Waals surface area (Å²) < 4.78 is 5.72. The molecule has 1 aliphatic rings. The van der Waals surface area contributed by atoms with Crippen LogP contribution in [0.2, 0.25) is 0 Å². The number of fused-ring (bicyclic) bond motifs is 1. The molecule has 0 heterocycles. The lowest BCUT2D eigenvalue weighted by Gasteiger charge is -2.34. The van der Waals surface area contributed by atoms with E-state index in [1.807, 2.05) is 43.3 Å². The Labute approximate surface area is 101 Å². The van der Waals surface area contributed by atoms with E-state index < -0.39 is 17.7 Å². The Morgan fingerprint density at radius 2 is 2.18 bits per heavy atom. The Morgan fingerprint density at radius 3 is 2.88 bits per heavy atom. The van der Waals surface area contributed by atoms with Crippen LogP contribution in [0.1, 0.15) is 31.4 Å². The van der Waals surface area contributed by atoms with E-state index in [0.29, 0.717) is 6.42 Å². The molecule has 0 aliphatic heterocycles. The van der Waals surface area contributed by atoms with Gasteiger partial charge in [-0.05, 0) is 31.4 Å². The highest BCUT2D eigenvalue weighted by Crippen LogP contribution is 2.37. The van der Waals surface area contributed by atoms with Gasteiger partial charge in [0.1, 0.15) is 0 Å². The van der Waals surface area contributed by atoms with Crippen LogP contribution in [0.3, 0.4) is 0 Å². The van der Waals surface area contributed by atoms with Gasteiger partial charge in [0.15, 0.2) is 6.10 Å². The maximum Gasteiger partial charge on any atom is 0.332 e. The highest BCUT2D eigenvalue weighted by atomic mass is 16.5. The maximum atomic E-state index is 10.9. The van der Waals surface area contributed by atoms with E-state index in [1.54, 1.807) is 6.92 Å². The summed E-state index contributed by atoms with van der Waals surface area (Å²) in [7, 11) is 0. The third-order valence-electron chi connectivity index (χ3n) is 3.12. The molecule has 2 unspecified atom stereocenters. The van der Waals surface area contributed by atoms with E-state index in [4.69, 9.17) is 9.84 Å². The highest BCUT2D eigenvalue weighted by Gasteiger charge is 2.33. The van der Waals surface area contributed by atoms with E-state index in [0.717, 1.165) is 11.1 Å². The lowest BCUT2D eigenvalue weighted by molar-refractivity contribution is -0.161. The molecule has 90 valence electrons. The molecule has 0 amide bonds. The lowest BCUT2D eigenvalue weighted by atomic mass is 9.84. The van der Waals surface area contributed by atoms with Gasteiger partial charge in [0.2, 0.25) is 0 Å². The summed E-state index contributed by atoms with van der Waals surface area (Å²) in [6, 6.07) is 7.92. The second kappa shape index (κ2) is 4.34. The fourth-order valence-electron chi connectivity index (χ4n) is 2.20. The molecule has 3 heteroatoms. The SMILES string of the molecule is CC(OC1(C)CC=Cc2ccccc21)C(=O)O. The van der Waals surface area contributed by atoms with Crippen LogP contribution in [-0.2, 0) is 15.1 Å². The average Bonchev–Trinajstić information content (AvgIpc) is 2.29. The summed E-state index contributed by atoms with van der Waals surface area (Å²) in [5, 5.41) is 8.93. The molecule has 0 spiro atoms. The first-order valence-corrected chi connectivity index (χ1v) is 5.69. The molecule has 1 aliphatic carbocycles. The number of ether oxygens (including phenoxy) is 1. The highest BCUT2D eigenvalue weighted by molar-refractivity contribution is 5.72. The summed E-state index contributed by atoms with van der Waals surface area (Å²) in [6.07, 6.45) is 3.96. The molecule has 0 radical (unpaired) electrons. The first kappa shape index (κ1) is 11.9. The van der Waals surface area contributed by atoms with Crippen LogP contribution in [-0.4, -0.2) is 17.2 Å². The maximum absolute atomic E-state index is 10.9. The van der Waals surface area contributed by atoms with Gasteiger partial charge in [0, 0.05) is 0 Å². The molecule has 3 nitrogen and oxygen atoms in total. The quantitative estimate of drug-likeness (QED) is 0.871. The molecule has 0 aromatic heterocycles. The van der Waals surface area contributed by atoms with Gasteiger partial charge in [-0.3, -0.25) is 0 Å². The van der Waals surface area contributed by atoms with Crippen molar-refractivity contribution in [2.75, 3.05) is 0 Å². The van der Waals surface area contributed by atoms with Crippen LogP contribution in [0.25, 0.3) is 6.08 Å². The minimum absolute atomic E-state index is 0.552. The van der Waals surface area contributed by atoms with Gasteiger partial charge >= 0.3 is 5.97 Å². The van der Waals surface area contributed by atoms with Gasteiger partial charge in [-0.1, -0.05) is 36.4 Å². The standard InChI is InChI=1S/C14H16O3/c1-10(13(15)16)17-14(2)9-5-7-11-6-3-4-8-12(11)14/h3-8,10H,9H2,1-2H3,(H,15,16). The monoisotopic (exact) mass is 232 g/mol. The zero-order valence-electron chi connectivity index (χ0n) is 10.0. The van der Waals surface area contributed by atoms with E-state index in [-0.39, 0.29) is 0 Å². The van der Waals surface area contributed by atoms with Crippen molar-refractivity contribution in [3.8, 4) is 0 Å². The molecule has 0 fully saturated rings. The van der Waals surface area contributed by atoms with E-state index in [1.165, 1.54) is 0 Å². The second-order valence-corrected chi connectivity index (χ2v) is 4.52. The third kappa shape index (κ3) is 2.24. The minimum atomic E-state index is -0.932. The Morgan fingerprint density at radius 1 is 1.47 bits per heavy atom. The molecule has 0 bridgehead atoms. The Kier molecular flexibility index (Phi) is 3.03. The largest absolute Gasteiger partial charge is 0.479 e. The van der Waals surface area contributed by atoms with Crippen molar-refractivity contribution in [1.29, 1.82) is 0 Å². The minimum Gasteiger partial charge on any atom is -0.479 e. The van der Waals surface area contributed by atoms with Crippen LogP contribution in [0.5, 0.6) is 0 Å². The number of hydrogen-bond acceptors (Lipinski definition) is 2. The molecule has 2 atom stereocenters. The average molecular weight is 232 g/mol. The van der Waals surface area contributed by atoms with Gasteiger partial charge < -0.3 is 9.84 Å². The third-order valence-corrected chi connectivity index (χ3v) is 3.12. The van der Waals surface area contributed by atoms with Crippen molar-refractivity contribution in [2.24, 2.45) is 0 Å².